The maximum atomic E-state index is 13.9. The molecule has 0 unspecified atom stereocenters. The topological polar surface area (TPSA) is 46.5 Å². The number of rotatable bonds is 12. The highest BCUT2D eigenvalue weighted by atomic mass is 35.8. The molecule has 25 heavy (non-hydrogen) atoms. The van der Waals surface area contributed by atoms with E-state index in [1.54, 1.807) is 6.07 Å². The Hall–Kier alpha value is -0.753. The summed E-state index contributed by atoms with van der Waals surface area (Å²) in [7, 11) is 0. The lowest BCUT2D eigenvalue weighted by Crippen LogP contribution is -2.07. The van der Waals surface area contributed by atoms with Crippen molar-refractivity contribution in [2.45, 2.75) is 44.6 Å². The van der Waals surface area contributed by atoms with Crippen molar-refractivity contribution in [3.63, 3.8) is 0 Å². The van der Waals surface area contributed by atoms with Crippen LogP contribution >= 0.6 is 33.2 Å². The molecule has 0 aromatic heterocycles. The van der Waals surface area contributed by atoms with Crippen LogP contribution in [0.1, 0.15) is 44.1 Å². The maximum Gasteiger partial charge on any atom is 0.341 e. The molecule has 0 aliphatic carbocycles. The van der Waals surface area contributed by atoms with Gasteiger partial charge in [-0.15, -0.1) is 33.2 Å². The fourth-order valence-corrected chi connectivity index (χ4v) is 4.08. The van der Waals surface area contributed by atoms with Crippen LogP contribution in [0.15, 0.2) is 24.3 Å². The summed E-state index contributed by atoms with van der Waals surface area (Å²) >= 11 is 17.5. The second kappa shape index (κ2) is 11.8. The van der Waals surface area contributed by atoms with Crippen LogP contribution in [-0.2, 0) is 4.79 Å². The molecule has 0 aliphatic rings. The van der Waals surface area contributed by atoms with Gasteiger partial charge in [0.2, 0.25) is 0 Å². The van der Waals surface area contributed by atoms with Crippen LogP contribution in [0.2, 0.25) is 6.04 Å². The van der Waals surface area contributed by atoms with Crippen molar-refractivity contribution in [2.24, 2.45) is 0 Å². The number of aliphatic carboxylic acids is 1. The summed E-state index contributed by atoms with van der Waals surface area (Å²) in [5, 5.41) is 8.55. The van der Waals surface area contributed by atoms with Crippen LogP contribution in [-0.4, -0.2) is 23.7 Å². The Balaban J connectivity index is 2.17. The first-order valence-corrected chi connectivity index (χ1v) is 13.4. The van der Waals surface area contributed by atoms with Crippen molar-refractivity contribution < 1.29 is 19.0 Å². The van der Waals surface area contributed by atoms with E-state index in [1.165, 1.54) is 18.2 Å². The molecule has 0 heterocycles. The lowest BCUT2D eigenvalue weighted by Gasteiger charge is -2.08. The third kappa shape index (κ3) is 11.5. The molecule has 0 bridgehead atoms. The van der Waals surface area contributed by atoms with Crippen molar-refractivity contribution in [3.8, 4) is 5.75 Å². The van der Waals surface area contributed by atoms with Gasteiger partial charge in [-0.1, -0.05) is 38.2 Å². The second-order valence-electron chi connectivity index (χ2n) is 5.70. The van der Waals surface area contributed by atoms with Crippen molar-refractivity contribution in [3.05, 3.63) is 35.7 Å². The van der Waals surface area contributed by atoms with Crippen molar-refractivity contribution in [1.82, 2.24) is 0 Å². The summed E-state index contributed by atoms with van der Waals surface area (Å²) < 4.78 is 19.3. The van der Waals surface area contributed by atoms with E-state index in [-0.39, 0.29) is 5.75 Å². The second-order valence-corrected chi connectivity index (χ2v) is 15.0. The Morgan fingerprint density at radius 1 is 1.12 bits per heavy atom. The van der Waals surface area contributed by atoms with E-state index in [4.69, 9.17) is 43.1 Å². The molecule has 1 rings (SSSR count). The number of benzene rings is 1. The van der Waals surface area contributed by atoms with Gasteiger partial charge in [-0.05, 0) is 36.2 Å². The van der Waals surface area contributed by atoms with Crippen LogP contribution in [0.4, 0.5) is 4.39 Å². The molecule has 0 spiro atoms. The quantitative estimate of drug-likeness (QED) is 0.184. The molecule has 1 aromatic carbocycles. The maximum absolute atomic E-state index is 13.9. The minimum absolute atomic E-state index is 0.181. The third-order valence-electron chi connectivity index (χ3n) is 3.49. The fourth-order valence-electron chi connectivity index (χ4n) is 2.22. The number of halogens is 4. The smallest absolute Gasteiger partial charge is 0.341 e. The van der Waals surface area contributed by atoms with Gasteiger partial charge in [0.05, 0.1) is 6.61 Å². The molecule has 140 valence electrons. The highest BCUT2D eigenvalue weighted by Crippen LogP contribution is 2.27. The van der Waals surface area contributed by atoms with Crippen LogP contribution in [0.5, 0.6) is 5.75 Å². The lowest BCUT2D eigenvalue weighted by atomic mass is 10.1. The van der Waals surface area contributed by atoms with Gasteiger partial charge in [0.15, 0.2) is 11.6 Å². The lowest BCUT2D eigenvalue weighted by molar-refractivity contribution is -0.131. The van der Waals surface area contributed by atoms with Crippen molar-refractivity contribution in [1.29, 1.82) is 0 Å². The van der Waals surface area contributed by atoms with Gasteiger partial charge >= 0.3 is 12.0 Å². The molecule has 0 saturated heterocycles. The van der Waals surface area contributed by atoms with E-state index >= 15 is 0 Å². The van der Waals surface area contributed by atoms with Gasteiger partial charge in [-0.3, -0.25) is 0 Å². The number of carboxylic acids is 1. The molecule has 0 fully saturated rings. The van der Waals surface area contributed by atoms with Gasteiger partial charge in [0.25, 0.3) is 0 Å². The van der Waals surface area contributed by atoms with Crippen LogP contribution in [0, 0.1) is 5.82 Å². The SMILES string of the molecule is O=C(O)/C=C/c1ccc(OCCCCCCCC[Si](Cl)(Cl)Cl)c(F)c1. The van der Waals surface area contributed by atoms with Crippen LogP contribution < -0.4 is 4.74 Å². The summed E-state index contributed by atoms with van der Waals surface area (Å²) in [6.45, 7) is 0.447. The summed E-state index contributed by atoms with van der Waals surface area (Å²) in [6, 6.07) is 2.62. The molecule has 0 radical (unpaired) electrons. The number of unbranched alkanes of at least 4 members (excludes halogenated alkanes) is 5. The zero-order valence-electron chi connectivity index (χ0n) is 13.8. The van der Waals surface area contributed by atoms with Gasteiger partial charge < -0.3 is 9.84 Å². The molecule has 0 amide bonds. The molecule has 1 aromatic rings. The average molecular weight is 428 g/mol. The third-order valence-corrected chi connectivity index (χ3v) is 6.11. The van der Waals surface area contributed by atoms with Crippen LogP contribution in [0.25, 0.3) is 6.08 Å². The number of carboxylic acid groups (broad SMARTS) is 1. The molecular formula is C17H22Cl3FO3Si. The summed E-state index contributed by atoms with van der Waals surface area (Å²) in [5.74, 6) is -1.39. The first kappa shape index (κ1) is 22.3. The van der Waals surface area contributed by atoms with Gasteiger partial charge in [-0.2, -0.15) is 0 Å². The van der Waals surface area contributed by atoms with E-state index in [0.717, 1.165) is 44.6 Å². The Morgan fingerprint density at radius 2 is 1.76 bits per heavy atom. The van der Waals surface area contributed by atoms with E-state index in [2.05, 4.69) is 0 Å². The van der Waals surface area contributed by atoms with E-state index < -0.39 is 17.8 Å². The van der Waals surface area contributed by atoms with Gasteiger partial charge in [0.1, 0.15) is 0 Å². The van der Waals surface area contributed by atoms with Crippen molar-refractivity contribution in [2.75, 3.05) is 6.61 Å². The standard InChI is InChI=1S/C17H22Cl3FO3Si/c18-25(19,20)12-6-4-2-1-3-5-11-24-16-9-7-14(13-15(16)21)8-10-17(22)23/h7-10,13H,1-6,11-12H2,(H,22,23)/b10-8+. The number of hydrogen-bond acceptors (Lipinski definition) is 2. The van der Waals surface area contributed by atoms with E-state index in [9.17, 15) is 9.18 Å². The monoisotopic (exact) mass is 426 g/mol. The molecule has 3 nitrogen and oxygen atoms in total. The normalized spacial score (nSPS) is 11.8. The fraction of sp³-hybridized carbons (Fsp3) is 0.471. The van der Waals surface area contributed by atoms with Gasteiger partial charge in [-0.25, -0.2) is 9.18 Å². The molecule has 0 aliphatic heterocycles. The number of ether oxygens (including phenoxy) is 1. The van der Waals surface area contributed by atoms with Crippen molar-refractivity contribution >= 4 is 51.3 Å². The number of hydrogen-bond donors (Lipinski definition) is 1. The summed E-state index contributed by atoms with van der Waals surface area (Å²) in [6.07, 6.45) is 8.33. The zero-order chi connectivity index (χ0) is 18.7. The highest BCUT2D eigenvalue weighted by Gasteiger charge is 2.23. The molecule has 1 N–H and O–H groups in total. The Morgan fingerprint density at radius 3 is 2.36 bits per heavy atom. The first-order valence-electron chi connectivity index (χ1n) is 8.18. The Bertz CT molecular complexity index is 577. The highest BCUT2D eigenvalue weighted by molar-refractivity contribution is 7.64. The van der Waals surface area contributed by atoms with Crippen LogP contribution in [0.3, 0.4) is 0 Å². The molecular weight excluding hydrogens is 406 g/mol. The molecule has 0 saturated carbocycles. The minimum atomic E-state index is -2.47. The Labute approximate surface area is 162 Å². The molecule has 0 atom stereocenters. The van der Waals surface area contributed by atoms with E-state index in [0.29, 0.717) is 18.2 Å². The van der Waals surface area contributed by atoms with E-state index in [1.807, 2.05) is 0 Å². The predicted molar refractivity (Wildman–Crippen MR) is 104 cm³/mol. The number of carbonyl (C=O) groups is 1. The average Bonchev–Trinajstić information content (AvgIpc) is 2.51. The molecule has 8 heteroatoms. The summed E-state index contributed by atoms with van der Waals surface area (Å²) in [4.78, 5) is 10.4. The van der Waals surface area contributed by atoms with Gasteiger partial charge in [0, 0.05) is 6.08 Å². The largest absolute Gasteiger partial charge is 0.491 e. The predicted octanol–water partition coefficient (Wildman–Crippen LogP) is 6.30. The zero-order valence-corrected chi connectivity index (χ0v) is 17.1. The summed E-state index contributed by atoms with van der Waals surface area (Å²) in [5.41, 5.74) is 0.477. The minimum Gasteiger partial charge on any atom is -0.491 e. The first-order chi connectivity index (χ1) is 11.8. The Kier molecular flexibility index (Phi) is 10.5.